The van der Waals surface area contributed by atoms with Crippen LogP contribution in [0.15, 0.2) is 60.7 Å². The van der Waals surface area contributed by atoms with Gasteiger partial charge in [0.1, 0.15) is 11.5 Å². The number of anilines is 3. The zero-order chi connectivity index (χ0) is 22.7. The summed E-state index contributed by atoms with van der Waals surface area (Å²) in [4.78, 5) is 36.9. The molecule has 0 bridgehead atoms. The van der Waals surface area contributed by atoms with Gasteiger partial charge >= 0.3 is 0 Å². The van der Waals surface area contributed by atoms with Gasteiger partial charge in [-0.25, -0.2) is 0 Å². The second kappa shape index (κ2) is 8.81. The smallest absolute Gasteiger partial charge is 0.255 e. The van der Waals surface area contributed by atoms with E-state index in [1.54, 1.807) is 54.6 Å². The lowest BCUT2D eigenvalue weighted by atomic mass is 10.1. The topological polar surface area (TPSA) is 106 Å². The summed E-state index contributed by atoms with van der Waals surface area (Å²) in [6, 6.07) is 17.0. The predicted octanol–water partition coefficient (Wildman–Crippen LogP) is 3.70. The van der Waals surface area contributed by atoms with E-state index in [4.69, 9.17) is 9.47 Å². The van der Waals surface area contributed by atoms with Crippen LogP contribution in [0.4, 0.5) is 17.1 Å². The molecular weight excluding hydrogens is 410 g/mol. The number of hydrogen-bond acceptors (Lipinski definition) is 5. The summed E-state index contributed by atoms with van der Waals surface area (Å²) < 4.78 is 10.8. The van der Waals surface area contributed by atoms with E-state index in [0.717, 1.165) is 5.56 Å². The van der Waals surface area contributed by atoms with Crippen molar-refractivity contribution in [1.82, 2.24) is 0 Å². The first kappa shape index (κ1) is 20.9. The summed E-state index contributed by atoms with van der Waals surface area (Å²) in [6.07, 6.45) is 0.239. The van der Waals surface area contributed by atoms with Crippen LogP contribution in [0.25, 0.3) is 0 Å². The van der Waals surface area contributed by atoms with Gasteiger partial charge in [-0.2, -0.15) is 0 Å². The molecule has 1 aliphatic rings. The molecule has 1 heterocycles. The van der Waals surface area contributed by atoms with Gasteiger partial charge in [-0.15, -0.1) is 0 Å². The summed E-state index contributed by atoms with van der Waals surface area (Å²) in [5.74, 6) is -0.0654. The summed E-state index contributed by atoms with van der Waals surface area (Å²) in [7, 11) is 2.93. The minimum atomic E-state index is -0.367. The molecule has 0 fully saturated rings. The molecule has 32 heavy (non-hydrogen) atoms. The standard InChI is InChI=1S/C24H21N3O5/c1-31-20-13-19(27-24(30)15-8-9-17-16(10-15)11-22(28)25-17)21(32-2)12-18(20)26-23(29)14-6-4-3-5-7-14/h3-10,12-13H,11H2,1-2H3,(H,25,28)(H,26,29)(H,27,30). The molecule has 0 atom stereocenters. The maximum absolute atomic E-state index is 12.8. The van der Waals surface area contributed by atoms with Crippen molar-refractivity contribution in [2.45, 2.75) is 6.42 Å². The number of hydrogen-bond donors (Lipinski definition) is 3. The first-order valence-electron chi connectivity index (χ1n) is 9.85. The maximum atomic E-state index is 12.8. The fourth-order valence-corrected chi connectivity index (χ4v) is 3.44. The number of rotatable bonds is 6. The van der Waals surface area contributed by atoms with E-state index in [0.29, 0.717) is 39.7 Å². The van der Waals surface area contributed by atoms with E-state index in [1.165, 1.54) is 14.2 Å². The number of carbonyl (C=O) groups is 3. The lowest BCUT2D eigenvalue weighted by Gasteiger charge is -2.16. The van der Waals surface area contributed by atoms with Crippen molar-refractivity contribution in [3.63, 3.8) is 0 Å². The minimum absolute atomic E-state index is 0.0999. The summed E-state index contributed by atoms with van der Waals surface area (Å²) in [5, 5.41) is 8.35. The zero-order valence-electron chi connectivity index (χ0n) is 17.5. The summed E-state index contributed by atoms with van der Waals surface area (Å²) in [5.41, 5.74) is 3.16. The van der Waals surface area contributed by atoms with Crippen LogP contribution < -0.4 is 25.4 Å². The van der Waals surface area contributed by atoms with Crippen LogP contribution in [0.1, 0.15) is 26.3 Å². The maximum Gasteiger partial charge on any atom is 0.255 e. The third kappa shape index (κ3) is 4.24. The molecule has 3 N–H and O–H groups in total. The number of benzene rings is 3. The highest BCUT2D eigenvalue weighted by Crippen LogP contribution is 2.37. The second-order valence-electron chi connectivity index (χ2n) is 7.12. The van der Waals surface area contributed by atoms with Crippen LogP contribution in [0.3, 0.4) is 0 Å². The molecule has 0 saturated heterocycles. The van der Waals surface area contributed by atoms with Crippen LogP contribution in [0.2, 0.25) is 0 Å². The van der Waals surface area contributed by atoms with Gasteiger partial charge < -0.3 is 25.4 Å². The Bertz CT molecular complexity index is 1210. The lowest BCUT2D eigenvalue weighted by Crippen LogP contribution is -2.15. The van der Waals surface area contributed by atoms with Gasteiger partial charge in [0.05, 0.1) is 32.0 Å². The highest BCUT2D eigenvalue weighted by Gasteiger charge is 2.21. The van der Waals surface area contributed by atoms with Gasteiger partial charge in [0.25, 0.3) is 11.8 Å². The second-order valence-corrected chi connectivity index (χ2v) is 7.12. The van der Waals surface area contributed by atoms with Gasteiger partial charge in [-0.3, -0.25) is 14.4 Å². The van der Waals surface area contributed by atoms with Crippen molar-refractivity contribution in [3.05, 3.63) is 77.4 Å². The van der Waals surface area contributed by atoms with Gasteiger partial charge in [-0.1, -0.05) is 18.2 Å². The molecule has 0 unspecified atom stereocenters. The Morgan fingerprint density at radius 2 is 1.41 bits per heavy atom. The molecule has 0 spiro atoms. The number of amides is 3. The number of fused-ring (bicyclic) bond motifs is 1. The van der Waals surface area contributed by atoms with E-state index in [2.05, 4.69) is 16.0 Å². The summed E-state index contributed by atoms with van der Waals surface area (Å²) in [6.45, 7) is 0. The molecule has 0 aliphatic carbocycles. The Labute approximate surface area is 184 Å². The average Bonchev–Trinajstić information content (AvgIpc) is 3.19. The van der Waals surface area contributed by atoms with Gasteiger partial charge in [0.2, 0.25) is 5.91 Å². The molecule has 1 aliphatic heterocycles. The molecule has 4 rings (SSSR count). The Hall–Kier alpha value is -4.33. The van der Waals surface area contributed by atoms with Crippen LogP contribution in [0.5, 0.6) is 11.5 Å². The number of ether oxygens (including phenoxy) is 2. The molecule has 3 aromatic carbocycles. The van der Waals surface area contributed by atoms with Crippen molar-refractivity contribution >= 4 is 34.8 Å². The van der Waals surface area contributed by atoms with Crippen LogP contribution >= 0.6 is 0 Å². The highest BCUT2D eigenvalue weighted by molar-refractivity contribution is 6.08. The molecular formula is C24H21N3O5. The molecule has 162 valence electrons. The molecule has 3 aromatic rings. The van der Waals surface area contributed by atoms with Crippen LogP contribution in [-0.2, 0) is 11.2 Å². The molecule has 3 amide bonds. The quantitative estimate of drug-likeness (QED) is 0.552. The van der Waals surface area contributed by atoms with Crippen molar-refractivity contribution in [1.29, 1.82) is 0 Å². The van der Waals surface area contributed by atoms with E-state index in [1.807, 2.05) is 6.07 Å². The lowest BCUT2D eigenvalue weighted by molar-refractivity contribution is -0.115. The molecule has 0 aromatic heterocycles. The summed E-state index contributed by atoms with van der Waals surface area (Å²) >= 11 is 0. The Balaban J connectivity index is 1.58. The van der Waals surface area contributed by atoms with Gasteiger partial charge in [-0.05, 0) is 35.9 Å². The first-order valence-corrected chi connectivity index (χ1v) is 9.85. The van der Waals surface area contributed by atoms with E-state index < -0.39 is 0 Å². The van der Waals surface area contributed by atoms with Crippen LogP contribution in [-0.4, -0.2) is 31.9 Å². The molecule has 8 nitrogen and oxygen atoms in total. The average molecular weight is 431 g/mol. The molecule has 8 heteroatoms. The van der Waals surface area contributed by atoms with Crippen LogP contribution in [0, 0.1) is 0 Å². The van der Waals surface area contributed by atoms with Crippen molar-refractivity contribution in [2.24, 2.45) is 0 Å². The minimum Gasteiger partial charge on any atom is -0.494 e. The molecule has 0 radical (unpaired) electrons. The van der Waals surface area contributed by atoms with E-state index >= 15 is 0 Å². The van der Waals surface area contributed by atoms with Gasteiger partial charge in [0, 0.05) is 28.9 Å². The van der Waals surface area contributed by atoms with Crippen molar-refractivity contribution in [2.75, 3.05) is 30.2 Å². The number of carbonyl (C=O) groups excluding carboxylic acids is 3. The number of methoxy groups -OCH3 is 2. The Morgan fingerprint density at radius 1 is 0.812 bits per heavy atom. The monoisotopic (exact) mass is 431 g/mol. The first-order chi connectivity index (χ1) is 15.5. The largest absolute Gasteiger partial charge is 0.494 e. The SMILES string of the molecule is COc1cc(NC(=O)c2ccc3c(c2)CC(=O)N3)c(OC)cc1NC(=O)c1ccccc1. The fraction of sp³-hybridized carbons (Fsp3) is 0.125. The normalized spacial score (nSPS) is 11.9. The van der Waals surface area contributed by atoms with Gasteiger partial charge in [0.15, 0.2) is 0 Å². The zero-order valence-corrected chi connectivity index (χ0v) is 17.5. The number of nitrogens with one attached hydrogen (secondary N) is 3. The third-order valence-corrected chi connectivity index (χ3v) is 5.05. The predicted molar refractivity (Wildman–Crippen MR) is 121 cm³/mol. The van der Waals surface area contributed by atoms with Crippen molar-refractivity contribution in [3.8, 4) is 11.5 Å². The highest BCUT2D eigenvalue weighted by atomic mass is 16.5. The fourth-order valence-electron chi connectivity index (χ4n) is 3.44. The van der Waals surface area contributed by atoms with Crippen molar-refractivity contribution < 1.29 is 23.9 Å². The third-order valence-electron chi connectivity index (χ3n) is 5.05. The Kier molecular flexibility index (Phi) is 5.76. The van der Waals surface area contributed by atoms with E-state index in [-0.39, 0.29) is 24.1 Å². The Morgan fingerprint density at radius 3 is 2.00 bits per heavy atom. The molecule has 0 saturated carbocycles. The van der Waals surface area contributed by atoms with E-state index in [9.17, 15) is 14.4 Å².